The molecular formula is C17H36N2. The van der Waals surface area contributed by atoms with E-state index >= 15 is 0 Å². The van der Waals surface area contributed by atoms with Crippen LogP contribution >= 0.6 is 0 Å². The first-order valence-corrected chi connectivity index (χ1v) is 8.31. The number of hydrogen-bond donors (Lipinski definition) is 1. The first-order valence-electron chi connectivity index (χ1n) is 8.31. The lowest BCUT2D eigenvalue weighted by molar-refractivity contribution is 0.0888. The van der Waals surface area contributed by atoms with Crippen molar-refractivity contribution >= 4 is 0 Å². The van der Waals surface area contributed by atoms with Crippen LogP contribution in [0.2, 0.25) is 0 Å². The van der Waals surface area contributed by atoms with E-state index in [1.807, 2.05) is 0 Å². The quantitative estimate of drug-likeness (QED) is 0.749. The van der Waals surface area contributed by atoms with Crippen LogP contribution in [0.25, 0.3) is 0 Å². The number of hydrogen-bond acceptors (Lipinski definition) is 2. The van der Waals surface area contributed by atoms with E-state index in [0.717, 1.165) is 12.6 Å². The van der Waals surface area contributed by atoms with Crippen molar-refractivity contribution in [2.45, 2.75) is 91.3 Å². The largest absolute Gasteiger partial charge is 0.313 e. The van der Waals surface area contributed by atoms with Gasteiger partial charge in [0.15, 0.2) is 0 Å². The van der Waals surface area contributed by atoms with Crippen LogP contribution in [0.3, 0.4) is 0 Å². The lowest BCUT2D eigenvalue weighted by Crippen LogP contribution is -2.48. The molecule has 0 bridgehead atoms. The molecule has 0 heterocycles. The van der Waals surface area contributed by atoms with E-state index in [-0.39, 0.29) is 0 Å². The summed E-state index contributed by atoms with van der Waals surface area (Å²) in [6, 6.07) is 2.11. The van der Waals surface area contributed by atoms with Crippen molar-refractivity contribution in [2.75, 3.05) is 13.6 Å². The Labute approximate surface area is 121 Å². The average molecular weight is 268 g/mol. The SMILES string of the molecule is CCCC(CNC(C)C)N(C)C1CCC(C)(C)CC1. The average Bonchev–Trinajstić information content (AvgIpc) is 2.33. The summed E-state index contributed by atoms with van der Waals surface area (Å²) in [5, 5.41) is 3.62. The first-order chi connectivity index (χ1) is 8.85. The normalized spacial score (nSPS) is 22.1. The highest BCUT2D eigenvalue weighted by Crippen LogP contribution is 2.37. The fourth-order valence-electron chi connectivity index (χ4n) is 3.24. The molecule has 1 aliphatic rings. The van der Waals surface area contributed by atoms with E-state index in [1.165, 1.54) is 38.5 Å². The van der Waals surface area contributed by atoms with Crippen molar-refractivity contribution in [3.8, 4) is 0 Å². The van der Waals surface area contributed by atoms with Gasteiger partial charge in [-0.3, -0.25) is 4.90 Å². The Balaban J connectivity index is 2.49. The molecule has 2 nitrogen and oxygen atoms in total. The van der Waals surface area contributed by atoms with Gasteiger partial charge in [0.2, 0.25) is 0 Å². The van der Waals surface area contributed by atoms with Crippen LogP contribution in [-0.2, 0) is 0 Å². The lowest BCUT2D eigenvalue weighted by Gasteiger charge is -2.42. The molecule has 1 saturated carbocycles. The van der Waals surface area contributed by atoms with Crippen LogP contribution in [0.4, 0.5) is 0 Å². The van der Waals surface area contributed by atoms with Crippen molar-refractivity contribution in [3.63, 3.8) is 0 Å². The van der Waals surface area contributed by atoms with Gasteiger partial charge >= 0.3 is 0 Å². The van der Waals surface area contributed by atoms with Crippen molar-refractivity contribution in [1.29, 1.82) is 0 Å². The second-order valence-corrected chi connectivity index (χ2v) is 7.57. The molecule has 0 aliphatic heterocycles. The zero-order valence-electron chi connectivity index (χ0n) is 14.1. The monoisotopic (exact) mass is 268 g/mol. The molecule has 0 aromatic heterocycles. The standard InChI is InChI=1S/C17H36N2/c1-7-8-16(13-18-14(2)3)19(6)15-9-11-17(4,5)12-10-15/h14-16,18H,7-13H2,1-6H3. The maximum atomic E-state index is 3.62. The summed E-state index contributed by atoms with van der Waals surface area (Å²) in [4.78, 5) is 2.67. The summed E-state index contributed by atoms with van der Waals surface area (Å²) < 4.78 is 0. The number of likely N-dealkylation sites (N-methyl/N-ethyl adjacent to an activating group) is 1. The predicted molar refractivity (Wildman–Crippen MR) is 85.6 cm³/mol. The highest BCUT2D eigenvalue weighted by Gasteiger charge is 2.31. The summed E-state index contributed by atoms with van der Waals surface area (Å²) in [5.41, 5.74) is 0.577. The summed E-state index contributed by atoms with van der Waals surface area (Å²) in [5.74, 6) is 0. The van der Waals surface area contributed by atoms with Crippen molar-refractivity contribution in [2.24, 2.45) is 5.41 Å². The second-order valence-electron chi connectivity index (χ2n) is 7.57. The molecule has 0 spiro atoms. The Morgan fingerprint density at radius 2 is 1.79 bits per heavy atom. The van der Waals surface area contributed by atoms with Gasteiger partial charge in [0.25, 0.3) is 0 Å². The molecular weight excluding hydrogens is 232 g/mol. The molecule has 1 aliphatic carbocycles. The molecule has 0 radical (unpaired) electrons. The molecule has 2 heteroatoms. The zero-order valence-corrected chi connectivity index (χ0v) is 14.1. The Bertz CT molecular complexity index is 238. The number of nitrogens with zero attached hydrogens (tertiary/aromatic N) is 1. The molecule has 1 N–H and O–H groups in total. The van der Waals surface area contributed by atoms with E-state index in [0.29, 0.717) is 17.5 Å². The van der Waals surface area contributed by atoms with Crippen LogP contribution in [0, 0.1) is 5.41 Å². The molecule has 1 unspecified atom stereocenters. The highest BCUT2D eigenvalue weighted by molar-refractivity contribution is 4.86. The van der Waals surface area contributed by atoms with Crippen molar-refractivity contribution in [1.82, 2.24) is 10.2 Å². The molecule has 0 aromatic carbocycles. The predicted octanol–water partition coefficient (Wildman–Crippen LogP) is 4.05. The van der Waals surface area contributed by atoms with E-state index in [1.54, 1.807) is 0 Å². The van der Waals surface area contributed by atoms with Crippen molar-refractivity contribution < 1.29 is 0 Å². The lowest BCUT2D eigenvalue weighted by atomic mass is 9.75. The van der Waals surface area contributed by atoms with Gasteiger partial charge in [-0.1, -0.05) is 41.0 Å². The fourth-order valence-corrected chi connectivity index (χ4v) is 3.24. The number of rotatable bonds is 7. The van der Waals surface area contributed by atoms with E-state index in [4.69, 9.17) is 0 Å². The minimum absolute atomic E-state index is 0.577. The Morgan fingerprint density at radius 1 is 1.21 bits per heavy atom. The summed E-state index contributed by atoms with van der Waals surface area (Å²) in [6.45, 7) is 12.8. The van der Waals surface area contributed by atoms with Crippen molar-refractivity contribution in [3.05, 3.63) is 0 Å². The third-order valence-corrected chi connectivity index (χ3v) is 4.84. The van der Waals surface area contributed by atoms with Gasteiger partial charge in [-0.15, -0.1) is 0 Å². The van der Waals surface area contributed by atoms with Gasteiger partial charge < -0.3 is 5.32 Å². The second kappa shape index (κ2) is 7.64. The van der Waals surface area contributed by atoms with E-state index in [2.05, 4.69) is 51.9 Å². The summed E-state index contributed by atoms with van der Waals surface area (Å²) in [7, 11) is 2.35. The van der Waals surface area contributed by atoms with Crippen LogP contribution in [0.15, 0.2) is 0 Å². The van der Waals surface area contributed by atoms with E-state index < -0.39 is 0 Å². The zero-order chi connectivity index (χ0) is 14.5. The molecule has 0 saturated heterocycles. The molecule has 1 rings (SSSR count). The molecule has 1 atom stereocenters. The molecule has 0 aromatic rings. The smallest absolute Gasteiger partial charge is 0.0220 e. The molecule has 19 heavy (non-hydrogen) atoms. The van der Waals surface area contributed by atoms with Gasteiger partial charge in [0.1, 0.15) is 0 Å². The minimum atomic E-state index is 0.577. The number of nitrogens with one attached hydrogen (secondary N) is 1. The first kappa shape index (κ1) is 17.0. The van der Waals surface area contributed by atoms with Crippen LogP contribution in [0.1, 0.15) is 73.1 Å². The minimum Gasteiger partial charge on any atom is -0.313 e. The van der Waals surface area contributed by atoms with Gasteiger partial charge in [0, 0.05) is 24.7 Å². The Morgan fingerprint density at radius 3 is 2.26 bits per heavy atom. The van der Waals surface area contributed by atoms with Crippen LogP contribution in [0.5, 0.6) is 0 Å². The highest BCUT2D eigenvalue weighted by atomic mass is 15.2. The van der Waals surface area contributed by atoms with Gasteiger partial charge in [-0.25, -0.2) is 0 Å². The maximum Gasteiger partial charge on any atom is 0.0220 e. The van der Waals surface area contributed by atoms with E-state index in [9.17, 15) is 0 Å². The van der Waals surface area contributed by atoms with Crippen LogP contribution in [-0.4, -0.2) is 36.6 Å². The molecule has 1 fully saturated rings. The summed E-state index contributed by atoms with van der Waals surface area (Å²) >= 11 is 0. The Hall–Kier alpha value is -0.0800. The van der Waals surface area contributed by atoms with Gasteiger partial charge in [0.05, 0.1) is 0 Å². The molecule has 0 amide bonds. The molecule has 114 valence electrons. The van der Waals surface area contributed by atoms with Crippen LogP contribution < -0.4 is 5.32 Å². The third-order valence-electron chi connectivity index (χ3n) is 4.84. The third kappa shape index (κ3) is 5.83. The van der Waals surface area contributed by atoms with Gasteiger partial charge in [-0.2, -0.15) is 0 Å². The maximum absolute atomic E-state index is 3.62. The fraction of sp³-hybridized carbons (Fsp3) is 1.00. The Kier molecular flexibility index (Phi) is 6.82. The van der Waals surface area contributed by atoms with Gasteiger partial charge in [-0.05, 0) is 44.6 Å². The summed E-state index contributed by atoms with van der Waals surface area (Å²) in [6.07, 6.45) is 8.14. The topological polar surface area (TPSA) is 15.3 Å².